The van der Waals surface area contributed by atoms with E-state index in [4.69, 9.17) is 23.2 Å². The standard InChI is InChI=1S/C21H17Cl2F3N4O/c1-11-2-4-12(5-3-11)16-9-18(21(24,25)26)30-19(28-16)10-17(29-30)20(31)27-15-7-13(22)6-14(23)8-15/h2-8,10,16,18,28H,9H2,1H3,(H,27,31)/t16-,18-/m0/s1. The van der Waals surface area contributed by atoms with E-state index in [2.05, 4.69) is 15.7 Å². The van der Waals surface area contributed by atoms with Gasteiger partial charge in [0, 0.05) is 28.2 Å². The van der Waals surface area contributed by atoms with E-state index in [0.29, 0.717) is 15.7 Å². The van der Waals surface area contributed by atoms with E-state index in [1.54, 1.807) is 12.1 Å². The van der Waals surface area contributed by atoms with Crippen LogP contribution in [0.3, 0.4) is 0 Å². The van der Waals surface area contributed by atoms with Crippen LogP contribution in [0.4, 0.5) is 24.7 Å². The molecule has 2 N–H and O–H groups in total. The molecule has 4 rings (SSSR count). The lowest BCUT2D eigenvalue weighted by atomic mass is 9.96. The Morgan fingerprint density at radius 2 is 1.77 bits per heavy atom. The first-order chi connectivity index (χ1) is 14.6. The van der Waals surface area contributed by atoms with Gasteiger partial charge in [0.05, 0.1) is 6.04 Å². The molecule has 0 unspecified atom stereocenters. The van der Waals surface area contributed by atoms with E-state index in [0.717, 1.165) is 15.8 Å². The summed E-state index contributed by atoms with van der Waals surface area (Å²) in [4.78, 5) is 12.6. The minimum Gasteiger partial charge on any atom is -0.363 e. The second kappa shape index (κ2) is 8.09. The average Bonchev–Trinajstić information content (AvgIpc) is 3.10. The minimum absolute atomic E-state index is 0.119. The van der Waals surface area contributed by atoms with Crippen LogP contribution in [0.1, 0.15) is 40.1 Å². The number of fused-ring (bicyclic) bond motifs is 1. The Labute approximate surface area is 186 Å². The van der Waals surface area contributed by atoms with Crippen molar-refractivity contribution in [2.45, 2.75) is 31.6 Å². The molecule has 10 heteroatoms. The van der Waals surface area contributed by atoms with Crippen molar-refractivity contribution in [3.05, 3.63) is 75.4 Å². The third kappa shape index (κ3) is 4.65. The Bertz CT molecular complexity index is 1110. The number of benzene rings is 2. The second-order valence-electron chi connectivity index (χ2n) is 7.37. The van der Waals surface area contributed by atoms with Crippen LogP contribution in [0.25, 0.3) is 0 Å². The summed E-state index contributed by atoms with van der Waals surface area (Å²) < 4.78 is 42.2. The highest BCUT2D eigenvalue weighted by Gasteiger charge is 2.46. The smallest absolute Gasteiger partial charge is 0.363 e. The van der Waals surface area contributed by atoms with Gasteiger partial charge in [-0.2, -0.15) is 18.3 Å². The third-order valence-corrected chi connectivity index (χ3v) is 5.46. The molecule has 0 radical (unpaired) electrons. The largest absolute Gasteiger partial charge is 0.410 e. The van der Waals surface area contributed by atoms with Crippen molar-refractivity contribution in [1.29, 1.82) is 0 Å². The van der Waals surface area contributed by atoms with Crippen LogP contribution in [0.5, 0.6) is 0 Å². The number of nitrogens with zero attached hydrogens (tertiary/aromatic N) is 2. The van der Waals surface area contributed by atoms with E-state index in [1.807, 2.05) is 19.1 Å². The topological polar surface area (TPSA) is 59.0 Å². The van der Waals surface area contributed by atoms with Gasteiger partial charge in [-0.25, -0.2) is 4.68 Å². The van der Waals surface area contributed by atoms with E-state index in [-0.39, 0.29) is 17.9 Å². The summed E-state index contributed by atoms with van der Waals surface area (Å²) in [5, 5.41) is 10.2. The molecule has 0 bridgehead atoms. The Morgan fingerprint density at radius 1 is 1.13 bits per heavy atom. The number of rotatable bonds is 3. The van der Waals surface area contributed by atoms with Crippen molar-refractivity contribution in [1.82, 2.24) is 9.78 Å². The van der Waals surface area contributed by atoms with Crippen LogP contribution in [-0.4, -0.2) is 21.9 Å². The van der Waals surface area contributed by atoms with Crippen LogP contribution in [0.15, 0.2) is 48.5 Å². The number of halogens is 5. The molecule has 2 atom stereocenters. The van der Waals surface area contributed by atoms with E-state index >= 15 is 0 Å². The van der Waals surface area contributed by atoms with Gasteiger partial charge in [0.15, 0.2) is 11.7 Å². The molecule has 2 aromatic carbocycles. The highest BCUT2D eigenvalue weighted by Crippen LogP contribution is 2.43. The molecular weight excluding hydrogens is 452 g/mol. The van der Waals surface area contributed by atoms with Crippen molar-refractivity contribution < 1.29 is 18.0 Å². The fourth-order valence-electron chi connectivity index (χ4n) is 3.52. The van der Waals surface area contributed by atoms with Crippen LogP contribution < -0.4 is 10.6 Å². The van der Waals surface area contributed by atoms with Gasteiger partial charge < -0.3 is 10.6 Å². The molecule has 31 heavy (non-hydrogen) atoms. The molecule has 0 aliphatic carbocycles. The lowest BCUT2D eigenvalue weighted by Gasteiger charge is -2.33. The number of anilines is 2. The van der Waals surface area contributed by atoms with E-state index in [9.17, 15) is 18.0 Å². The van der Waals surface area contributed by atoms with Crippen LogP contribution in [-0.2, 0) is 0 Å². The second-order valence-corrected chi connectivity index (χ2v) is 8.25. The van der Waals surface area contributed by atoms with Gasteiger partial charge in [0.25, 0.3) is 5.91 Å². The van der Waals surface area contributed by atoms with Gasteiger partial charge in [0.1, 0.15) is 5.82 Å². The van der Waals surface area contributed by atoms with Crippen molar-refractivity contribution in [3.8, 4) is 0 Å². The van der Waals surface area contributed by atoms with Crippen molar-refractivity contribution in [2.75, 3.05) is 10.6 Å². The maximum Gasteiger partial charge on any atom is 0.410 e. The Kier molecular flexibility index (Phi) is 5.61. The highest BCUT2D eigenvalue weighted by atomic mass is 35.5. The number of nitrogens with one attached hydrogen (secondary N) is 2. The lowest BCUT2D eigenvalue weighted by molar-refractivity contribution is -0.173. The highest BCUT2D eigenvalue weighted by molar-refractivity contribution is 6.35. The summed E-state index contributed by atoms with van der Waals surface area (Å²) in [7, 11) is 0. The number of carbonyl (C=O) groups excluding carboxylic acids is 1. The summed E-state index contributed by atoms with van der Waals surface area (Å²) >= 11 is 11.8. The molecule has 2 heterocycles. The molecular formula is C21H17Cl2F3N4O. The summed E-state index contributed by atoms with van der Waals surface area (Å²) in [5.41, 5.74) is 1.90. The molecule has 162 valence electrons. The van der Waals surface area contributed by atoms with Crippen molar-refractivity contribution in [2.24, 2.45) is 0 Å². The van der Waals surface area contributed by atoms with Gasteiger partial charge in [-0.15, -0.1) is 0 Å². The monoisotopic (exact) mass is 468 g/mol. The van der Waals surface area contributed by atoms with Gasteiger partial charge in [0.2, 0.25) is 0 Å². The molecule has 1 amide bonds. The van der Waals surface area contributed by atoms with Crippen LogP contribution in [0.2, 0.25) is 10.0 Å². The number of amides is 1. The number of aryl methyl sites for hydroxylation is 1. The molecule has 0 saturated heterocycles. The zero-order chi connectivity index (χ0) is 22.3. The summed E-state index contributed by atoms with van der Waals surface area (Å²) in [6.45, 7) is 1.91. The quantitative estimate of drug-likeness (QED) is 0.466. The molecule has 1 aliphatic rings. The third-order valence-electron chi connectivity index (χ3n) is 5.02. The summed E-state index contributed by atoms with van der Waals surface area (Å²) in [6.07, 6.45) is -4.77. The fraction of sp³-hybridized carbons (Fsp3) is 0.238. The van der Waals surface area contributed by atoms with Crippen LogP contribution in [0, 0.1) is 6.92 Å². The van der Waals surface area contributed by atoms with Crippen molar-refractivity contribution in [3.63, 3.8) is 0 Å². The zero-order valence-electron chi connectivity index (χ0n) is 16.2. The SMILES string of the molecule is Cc1ccc([C@@H]2C[C@@H](C(F)(F)F)n3nc(C(=O)Nc4cc(Cl)cc(Cl)c4)cc3N2)cc1. The molecule has 0 spiro atoms. The number of carbonyl (C=O) groups is 1. The van der Waals surface area contributed by atoms with E-state index < -0.39 is 24.2 Å². The fourth-order valence-corrected chi connectivity index (χ4v) is 4.05. The summed E-state index contributed by atoms with van der Waals surface area (Å²) in [5.74, 6) is -0.553. The van der Waals surface area contributed by atoms with Gasteiger partial charge in [-0.1, -0.05) is 53.0 Å². The van der Waals surface area contributed by atoms with Gasteiger partial charge in [-0.3, -0.25) is 4.79 Å². The average molecular weight is 469 g/mol. The first-order valence-electron chi connectivity index (χ1n) is 9.37. The number of aromatic nitrogens is 2. The molecule has 0 fully saturated rings. The summed E-state index contributed by atoms with van der Waals surface area (Å²) in [6, 6.07) is 10.6. The molecule has 1 aliphatic heterocycles. The van der Waals surface area contributed by atoms with Crippen LogP contribution >= 0.6 is 23.2 Å². The Balaban J connectivity index is 1.64. The maximum atomic E-state index is 13.8. The molecule has 1 aromatic heterocycles. The molecule has 3 aromatic rings. The van der Waals surface area contributed by atoms with Gasteiger partial charge >= 0.3 is 6.18 Å². The Hall–Kier alpha value is -2.71. The molecule has 0 saturated carbocycles. The Morgan fingerprint density at radius 3 is 2.39 bits per heavy atom. The van der Waals surface area contributed by atoms with E-state index in [1.165, 1.54) is 24.3 Å². The van der Waals surface area contributed by atoms with Gasteiger partial charge in [-0.05, 0) is 30.7 Å². The minimum atomic E-state index is -4.53. The number of alkyl halides is 3. The van der Waals surface area contributed by atoms with Crippen molar-refractivity contribution >= 4 is 40.6 Å². The predicted molar refractivity (Wildman–Crippen MR) is 114 cm³/mol. The number of hydrogen-bond donors (Lipinski definition) is 2. The lowest BCUT2D eigenvalue weighted by Crippen LogP contribution is -2.35. The normalized spacial score (nSPS) is 18.3. The number of hydrogen-bond acceptors (Lipinski definition) is 3. The zero-order valence-corrected chi connectivity index (χ0v) is 17.7. The first-order valence-corrected chi connectivity index (χ1v) is 10.1. The maximum absolute atomic E-state index is 13.8. The molecule has 5 nitrogen and oxygen atoms in total. The predicted octanol–water partition coefficient (Wildman–Crippen LogP) is 6.41. The first kappa shape index (κ1) is 21.5.